The lowest BCUT2D eigenvalue weighted by Crippen LogP contribution is -1.99. The van der Waals surface area contributed by atoms with Crippen molar-refractivity contribution < 1.29 is 0 Å². The van der Waals surface area contributed by atoms with Crippen LogP contribution in [0, 0.1) is 13.8 Å². The summed E-state index contributed by atoms with van der Waals surface area (Å²) in [6, 6.07) is 5.91. The van der Waals surface area contributed by atoms with Gasteiger partial charge in [0.05, 0.1) is 0 Å². The summed E-state index contributed by atoms with van der Waals surface area (Å²) in [5.41, 5.74) is 2.05. The minimum absolute atomic E-state index is 0.538. The molecule has 0 saturated carbocycles. The van der Waals surface area contributed by atoms with E-state index in [9.17, 15) is 0 Å². The van der Waals surface area contributed by atoms with E-state index in [4.69, 9.17) is 0 Å². The third-order valence-corrected chi connectivity index (χ3v) is 3.06. The van der Waals surface area contributed by atoms with Gasteiger partial charge >= 0.3 is 0 Å². The van der Waals surface area contributed by atoms with Crippen LogP contribution in [0.1, 0.15) is 11.4 Å². The molecule has 76 valence electrons. The van der Waals surface area contributed by atoms with E-state index >= 15 is 0 Å². The van der Waals surface area contributed by atoms with Crippen molar-refractivity contribution in [1.29, 1.82) is 0 Å². The molecular weight excluding hydrogens is 256 g/mol. The lowest BCUT2D eigenvalue weighted by atomic mass is 10.1. The largest absolute Gasteiger partial charge is 0.204 e. The van der Waals surface area contributed by atoms with Gasteiger partial charge in [-0.05, 0) is 41.4 Å². The molecule has 2 aromatic rings. The first kappa shape index (κ1) is 10.2. The first-order valence-electron chi connectivity index (χ1n) is 4.48. The maximum atomic E-state index is 4.00. The molecule has 0 spiro atoms. The molecule has 0 aliphatic carbocycles. The second-order valence-electron chi connectivity index (χ2n) is 3.21. The summed E-state index contributed by atoms with van der Waals surface area (Å²) in [5.74, 6) is 1.11. The van der Waals surface area contributed by atoms with Gasteiger partial charge < -0.3 is 0 Å². The van der Waals surface area contributed by atoms with Gasteiger partial charge in [0.15, 0.2) is 5.82 Å². The van der Waals surface area contributed by atoms with Gasteiger partial charge in [0.2, 0.25) is 5.82 Å². The van der Waals surface area contributed by atoms with Crippen LogP contribution in [0.5, 0.6) is 0 Å². The summed E-state index contributed by atoms with van der Waals surface area (Å²) in [4.78, 5) is 0. The number of benzene rings is 1. The Kier molecular flexibility index (Phi) is 2.73. The van der Waals surface area contributed by atoms with Crippen molar-refractivity contribution in [2.45, 2.75) is 13.8 Å². The first-order valence-corrected chi connectivity index (χ1v) is 5.27. The zero-order valence-corrected chi connectivity index (χ0v) is 9.98. The minimum atomic E-state index is 0.538. The van der Waals surface area contributed by atoms with Gasteiger partial charge in [-0.2, -0.15) is 0 Å². The van der Waals surface area contributed by atoms with Gasteiger partial charge in [-0.1, -0.05) is 12.1 Å². The highest BCUT2D eigenvalue weighted by molar-refractivity contribution is 9.10. The Morgan fingerprint density at radius 3 is 2.33 bits per heavy atom. The average molecular weight is 265 g/mol. The molecule has 0 aliphatic heterocycles. The van der Waals surface area contributed by atoms with Gasteiger partial charge in [-0.25, -0.2) is 0 Å². The Morgan fingerprint density at radius 2 is 1.67 bits per heavy atom. The molecule has 0 radical (unpaired) electrons. The highest BCUT2D eigenvalue weighted by Crippen LogP contribution is 2.27. The Morgan fingerprint density at radius 1 is 1.00 bits per heavy atom. The van der Waals surface area contributed by atoms with E-state index in [1.807, 2.05) is 25.1 Å². The number of halogens is 1. The van der Waals surface area contributed by atoms with Gasteiger partial charge in [0, 0.05) is 10.0 Å². The second kappa shape index (κ2) is 4.02. The summed E-state index contributed by atoms with van der Waals surface area (Å²) in [7, 11) is 0. The first-order chi connectivity index (χ1) is 7.18. The molecule has 0 saturated heterocycles. The summed E-state index contributed by atoms with van der Waals surface area (Å²) < 4.78 is 0.984. The standard InChI is InChI=1S/C10H9BrN4/c1-6-4-3-5-8(9(6)11)10-14-12-7(2)13-15-10/h3-5H,1-2H3. The minimum Gasteiger partial charge on any atom is -0.131 e. The molecule has 0 N–H and O–H groups in total. The normalized spacial score (nSPS) is 10.3. The van der Waals surface area contributed by atoms with Gasteiger partial charge in [0.1, 0.15) is 0 Å². The van der Waals surface area contributed by atoms with E-state index < -0.39 is 0 Å². The molecule has 0 aliphatic rings. The Bertz CT molecular complexity index is 481. The molecule has 0 fully saturated rings. The smallest absolute Gasteiger partial charge is 0.131 e. The quantitative estimate of drug-likeness (QED) is 0.793. The van der Waals surface area contributed by atoms with Crippen molar-refractivity contribution in [3.05, 3.63) is 34.1 Å². The molecule has 0 atom stereocenters. The van der Waals surface area contributed by atoms with E-state index in [-0.39, 0.29) is 0 Å². The third kappa shape index (κ3) is 2.02. The van der Waals surface area contributed by atoms with Crippen molar-refractivity contribution >= 4 is 15.9 Å². The zero-order valence-electron chi connectivity index (χ0n) is 8.40. The Balaban J connectivity index is 2.54. The molecular formula is C10H9BrN4. The lowest BCUT2D eigenvalue weighted by Gasteiger charge is -2.03. The van der Waals surface area contributed by atoms with Crippen molar-refractivity contribution in [3.63, 3.8) is 0 Å². The van der Waals surface area contributed by atoms with Crippen LogP contribution in [0.25, 0.3) is 11.4 Å². The predicted molar refractivity (Wildman–Crippen MR) is 60.2 cm³/mol. The summed E-state index contributed by atoms with van der Waals surface area (Å²) >= 11 is 3.50. The fourth-order valence-corrected chi connectivity index (χ4v) is 1.65. The Hall–Kier alpha value is -1.36. The van der Waals surface area contributed by atoms with Gasteiger partial charge in [0.25, 0.3) is 0 Å². The zero-order chi connectivity index (χ0) is 10.8. The fourth-order valence-electron chi connectivity index (χ4n) is 1.21. The molecule has 0 amide bonds. The lowest BCUT2D eigenvalue weighted by molar-refractivity contribution is 0.815. The molecule has 0 bridgehead atoms. The van der Waals surface area contributed by atoms with Crippen LogP contribution >= 0.6 is 15.9 Å². The molecule has 0 unspecified atom stereocenters. The number of aryl methyl sites for hydroxylation is 2. The summed E-state index contributed by atoms with van der Waals surface area (Å²) in [6.45, 7) is 3.78. The van der Waals surface area contributed by atoms with Crippen molar-refractivity contribution in [2.24, 2.45) is 0 Å². The molecule has 1 heterocycles. The van der Waals surface area contributed by atoms with Crippen LogP contribution in [0.2, 0.25) is 0 Å². The summed E-state index contributed by atoms with van der Waals surface area (Å²) in [5, 5.41) is 15.8. The third-order valence-electron chi connectivity index (χ3n) is 2.01. The van der Waals surface area contributed by atoms with Crippen LogP contribution in [0.3, 0.4) is 0 Å². The van der Waals surface area contributed by atoms with Crippen molar-refractivity contribution in [2.75, 3.05) is 0 Å². The predicted octanol–water partition coefficient (Wildman–Crippen LogP) is 2.31. The number of aromatic nitrogens is 4. The number of hydrogen-bond donors (Lipinski definition) is 0. The van der Waals surface area contributed by atoms with Crippen LogP contribution < -0.4 is 0 Å². The van der Waals surface area contributed by atoms with E-state index in [1.165, 1.54) is 0 Å². The Labute approximate surface area is 95.9 Å². The maximum Gasteiger partial charge on any atom is 0.204 e. The van der Waals surface area contributed by atoms with E-state index in [0.29, 0.717) is 11.6 Å². The van der Waals surface area contributed by atoms with E-state index in [1.54, 1.807) is 6.92 Å². The van der Waals surface area contributed by atoms with E-state index in [2.05, 4.69) is 36.3 Å². The molecule has 15 heavy (non-hydrogen) atoms. The molecule has 1 aromatic carbocycles. The van der Waals surface area contributed by atoms with Gasteiger partial charge in [-0.3, -0.25) is 0 Å². The molecule has 2 rings (SSSR count). The number of nitrogens with zero attached hydrogens (tertiary/aromatic N) is 4. The molecule has 5 heteroatoms. The fraction of sp³-hybridized carbons (Fsp3) is 0.200. The average Bonchev–Trinajstić information content (AvgIpc) is 2.24. The molecule has 1 aromatic heterocycles. The summed E-state index contributed by atoms with van der Waals surface area (Å²) in [6.07, 6.45) is 0. The van der Waals surface area contributed by atoms with Crippen molar-refractivity contribution in [1.82, 2.24) is 20.4 Å². The number of rotatable bonds is 1. The van der Waals surface area contributed by atoms with Crippen LogP contribution in [-0.2, 0) is 0 Å². The second-order valence-corrected chi connectivity index (χ2v) is 4.00. The molecule has 4 nitrogen and oxygen atoms in total. The SMILES string of the molecule is Cc1nnc(-c2cccc(C)c2Br)nn1. The van der Waals surface area contributed by atoms with Crippen LogP contribution in [0.15, 0.2) is 22.7 Å². The van der Waals surface area contributed by atoms with E-state index in [0.717, 1.165) is 15.6 Å². The number of hydrogen-bond acceptors (Lipinski definition) is 4. The van der Waals surface area contributed by atoms with Crippen molar-refractivity contribution in [3.8, 4) is 11.4 Å². The highest BCUT2D eigenvalue weighted by Gasteiger charge is 2.08. The topological polar surface area (TPSA) is 51.6 Å². The monoisotopic (exact) mass is 264 g/mol. The van der Waals surface area contributed by atoms with Crippen LogP contribution in [-0.4, -0.2) is 20.4 Å². The highest BCUT2D eigenvalue weighted by atomic mass is 79.9. The maximum absolute atomic E-state index is 4.00. The van der Waals surface area contributed by atoms with Crippen LogP contribution in [0.4, 0.5) is 0 Å². The van der Waals surface area contributed by atoms with Gasteiger partial charge in [-0.15, -0.1) is 20.4 Å².